The molecule has 0 aliphatic carbocycles. The molecule has 3 aliphatic rings. The monoisotopic (exact) mass is 1060 g/mol. The number of likely N-dealkylation sites (tertiary alicyclic amines) is 3. The number of aromatic nitrogens is 6. The molecule has 3 atom stereocenters. The van der Waals surface area contributed by atoms with Gasteiger partial charge < -0.3 is 45.1 Å². The Hall–Kier alpha value is -6.08. The molecule has 3 saturated heterocycles. The van der Waals surface area contributed by atoms with Crippen LogP contribution in [0.1, 0.15) is 86.4 Å². The first kappa shape index (κ1) is 55.2. The number of benzene rings is 1. The number of thiazole rings is 1. The Labute approximate surface area is 438 Å². The maximum atomic E-state index is 14.0. The van der Waals surface area contributed by atoms with Crippen LogP contribution in [-0.2, 0) is 35.1 Å². The molecule has 4 aromatic heterocycles. The second kappa shape index (κ2) is 25.6. The molecule has 5 N–H and O–H groups in total. The number of hydrogen-bond acceptors (Lipinski definition) is 15. The van der Waals surface area contributed by atoms with E-state index in [1.165, 1.54) is 17.2 Å². The molecule has 0 bridgehead atoms. The number of amides is 4. The van der Waals surface area contributed by atoms with Crippen molar-refractivity contribution in [2.75, 3.05) is 84.2 Å². The smallest absolute Gasteiger partial charge is 0.284 e. The highest BCUT2D eigenvalue weighted by molar-refractivity contribution is 7.13. The molecule has 23 heteroatoms. The number of nitrogens with zero attached hydrogens (tertiary/aromatic N) is 8. The minimum atomic E-state index is -2.86. The summed E-state index contributed by atoms with van der Waals surface area (Å²) in [6.07, 6.45) is 1.41. The van der Waals surface area contributed by atoms with Crippen molar-refractivity contribution in [3.8, 4) is 21.8 Å². The number of halogens is 2. The summed E-state index contributed by atoms with van der Waals surface area (Å²) in [5, 5.41) is 29.8. The van der Waals surface area contributed by atoms with Crippen molar-refractivity contribution in [1.29, 1.82) is 0 Å². The molecular weight excluding hydrogens is 991 g/mol. The highest BCUT2D eigenvalue weighted by atomic mass is 32.1. The van der Waals surface area contributed by atoms with E-state index in [0.717, 1.165) is 54.2 Å². The summed E-state index contributed by atoms with van der Waals surface area (Å²) in [6, 6.07) is 13.0. The molecule has 1 aromatic carbocycles. The van der Waals surface area contributed by atoms with Crippen LogP contribution < -0.4 is 16.0 Å². The van der Waals surface area contributed by atoms with Crippen LogP contribution in [0.5, 0.6) is 0 Å². The second-order valence-electron chi connectivity index (χ2n) is 20.3. The van der Waals surface area contributed by atoms with E-state index in [-0.39, 0.29) is 68.4 Å². The number of nitrogens with one attached hydrogen (secondary N) is 4. The van der Waals surface area contributed by atoms with Crippen LogP contribution in [0.25, 0.3) is 21.8 Å². The van der Waals surface area contributed by atoms with Gasteiger partial charge >= 0.3 is 0 Å². The molecule has 5 aromatic rings. The molecule has 0 spiro atoms. The molecule has 0 saturated carbocycles. The zero-order valence-electron chi connectivity index (χ0n) is 42.9. The number of H-pyrrole nitrogens is 1. The van der Waals surface area contributed by atoms with Gasteiger partial charge in [0.2, 0.25) is 17.7 Å². The first-order valence-corrected chi connectivity index (χ1v) is 26.4. The fourth-order valence-corrected chi connectivity index (χ4v) is 10.3. The number of carbonyl (C=O) groups is 4. The number of aryl methyl sites for hydroxylation is 1. The summed E-state index contributed by atoms with van der Waals surface area (Å²) in [7, 11) is 0. The molecular formula is C52H68F2N12O8S. The molecule has 404 valence electrons. The molecule has 0 unspecified atom stereocenters. The first-order valence-electron chi connectivity index (χ1n) is 25.5. The molecule has 20 nitrogen and oxygen atoms in total. The SMILES string of the molecule is Cc1ncsc1-c1ccc(CNC(=O)[C@@H]2C[C@@H](O)CN2C(=O)[C@@H](NC(=O)CCOCCOCCOCCN2CCC(N3CC(n4cc(NC(=O)c5cccc(-c6ccn[nH]6)n5)c(C(F)F)n4)C3)CC2)C(C)(C)C)cc1. The van der Waals surface area contributed by atoms with Gasteiger partial charge in [0.1, 0.15) is 17.8 Å². The van der Waals surface area contributed by atoms with E-state index in [9.17, 15) is 33.1 Å². The Bertz CT molecular complexity index is 2670. The summed E-state index contributed by atoms with van der Waals surface area (Å²) in [5.41, 5.74) is 4.73. The van der Waals surface area contributed by atoms with Gasteiger partial charge in [-0.05, 0) is 67.6 Å². The summed E-state index contributed by atoms with van der Waals surface area (Å²) in [4.78, 5) is 69.4. The molecule has 7 heterocycles. The number of hydrogen-bond donors (Lipinski definition) is 5. The first-order chi connectivity index (χ1) is 36.1. The van der Waals surface area contributed by atoms with Crippen LogP contribution >= 0.6 is 11.3 Å². The standard InChI is InChI=1S/C52H68F2N12O8S/c1-33-46(75-32-56-33)35-10-8-34(9-11-35)27-55-50(70)43-26-38(67)30-65(43)51(71)47(52(2,3)4)60-44(68)15-20-72-22-24-74-25-23-73-21-19-63-17-13-36(14-18-63)64-28-37(29-64)66-31-42(45(62-66)48(53)54)59-49(69)41-7-5-6-39(58-41)40-12-16-57-61-40/h5-12,16,31-32,36-38,43,47-48,67H,13-15,17-30H2,1-4H3,(H,55,70)(H,57,61)(H,59,69)(H,60,68)/t38-,43+,47-/m1/s1. The van der Waals surface area contributed by atoms with Crippen LogP contribution in [0.15, 0.2) is 66.4 Å². The lowest BCUT2D eigenvalue weighted by Crippen LogP contribution is -2.57. The average Bonchev–Trinajstić information content (AvgIpc) is 4.23. The number of piperidine rings is 1. The zero-order valence-corrected chi connectivity index (χ0v) is 43.7. The predicted molar refractivity (Wildman–Crippen MR) is 276 cm³/mol. The Morgan fingerprint density at radius 1 is 0.920 bits per heavy atom. The average molecular weight is 1060 g/mol. The molecule has 3 aliphatic heterocycles. The van der Waals surface area contributed by atoms with Gasteiger partial charge in [0.05, 0.1) is 84.9 Å². The number of aromatic amines is 1. The summed E-state index contributed by atoms with van der Waals surface area (Å²) in [5.74, 6) is -1.77. The number of pyridine rings is 1. The van der Waals surface area contributed by atoms with Gasteiger partial charge in [-0.2, -0.15) is 10.2 Å². The third-order valence-corrected chi connectivity index (χ3v) is 14.8. The maximum absolute atomic E-state index is 14.0. The van der Waals surface area contributed by atoms with E-state index in [0.29, 0.717) is 56.9 Å². The lowest BCUT2D eigenvalue weighted by atomic mass is 9.85. The van der Waals surface area contributed by atoms with Crippen molar-refractivity contribution in [2.24, 2.45) is 5.41 Å². The van der Waals surface area contributed by atoms with Crippen molar-refractivity contribution in [2.45, 2.75) is 96.6 Å². The predicted octanol–water partition coefficient (Wildman–Crippen LogP) is 4.86. The Balaban J connectivity index is 0.657. The molecule has 75 heavy (non-hydrogen) atoms. The van der Waals surface area contributed by atoms with Gasteiger partial charge in [-0.25, -0.2) is 18.7 Å². The van der Waals surface area contributed by atoms with Gasteiger partial charge in [0.15, 0.2) is 5.69 Å². The highest BCUT2D eigenvalue weighted by Crippen LogP contribution is 2.33. The fourth-order valence-electron chi connectivity index (χ4n) is 9.52. The quantitative estimate of drug-likeness (QED) is 0.0520. The normalized spacial score (nSPS) is 18.3. The van der Waals surface area contributed by atoms with Gasteiger partial charge in [-0.3, -0.25) is 33.9 Å². The summed E-state index contributed by atoms with van der Waals surface area (Å²) in [6.45, 7) is 13.9. The Morgan fingerprint density at radius 3 is 2.31 bits per heavy atom. The van der Waals surface area contributed by atoms with Crippen molar-refractivity contribution in [1.82, 2.24) is 55.3 Å². The van der Waals surface area contributed by atoms with Crippen LogP contribution in [0, 0.1) is 12.3 Å². The number of carbonyl (C=O) groups excluding carboxylic acids is 4. The minimum Gasteiger partial charge on any atom is -0.391 e. The van der Waals surface area contributed by atoms with E-state index in [1.807, 2.05) is 57.5 Å². The third-order valence-electron chi connectivity index (χ3n) is 13.8. The van der Waals surface area contributed by atoms with E-state index in [4.69, 9.17) is 14.2 Å². The van der Waals surface area contributed by atoms with Crippen molar-refractivity contribution in [3.63, 3.8) is 0 Å². The van der Waals surface area contributed by atoms with Crippen molar-refractivity contribution >= 4 is 40.7 Å². The van der Waals surface area contributed by atoms with Gasteiger partial charge in [-0.15, -0.1) is 11.3 Å². The minimum absolute atomic E-state index is 0.0112. The molecule has 3 fully saturated rings. The highest BCUT2D eigenvalue weighted by Gasteiger charge is 2.44. The van der Waals surface area contributed by atoms with Gasteiger partial charge in [-0.1, -0.05) is 51.1 Å². The molecule has 8 rings (SSSR count). The lowest BCUT2D eigenvalue weighted by molar-refractivity contribution is -0.144. The number of β-amino-alcohol motifs (C(OH)–C–C–N with tert-alkyl or cyclic N) is 1. The summed E-state index contributed by atoms with van der Waals surface area (Å²) < 4.78 is 46.8. The number of rotatable bonds is 24. The van der Waals surface area contributed by atoms with E-state index < -0.39 is 47.5 Å². The number of ether oxygens (including phenoxy) is 3. The van der Waals surface area contributed by atoms with Crippen LogP contribution in [0.4, 0.5) is 14.5 Å². The topological polar surface area (TPSA) is 234 Å². The van der Waals surface area contributed by atoms with Crippen LogP contribution in [0.3, 0.4) is 0 Å². The van der Waals surface area contributed by atoms with Gasteiger partial charge in [0.25, 0.3) is 12.3 Å². The largest absolute Gasteiger partial charge is 0.391 e. The number of alkyl halides is 2. The molecule has 4 amide bonds. The van der Waals surface area contributed by atoms with Crippen LogP contribution in [0.2, 0.25) is 0 Å². The van der Waals surface area contributed by atoms with E-state index in [1.54, 1.807) is 40.4 Å². The second-order valence-corrected chi connectivity index (χ2v) is 21.1. The van der Waals surface area contributed by atoms with Gasteiger partial charge in [0, 0.05) is 64.0 Å². The number of anilines is 1. The summed E-state index contributed by atoms with van der Waals surface area (Å²) >= 11 is 1.57. The van der Waals surface area contributed by atoms with E-state index in [2.05, 4.69) is 51.0 Å². The number of aliphatic hydroxyl groups excluding tert-OH is 1. The van der Waals surface area contributed by atoms with Crippen LogP contribution in [-0.4, -0.2) is 177 Å². The zero-order chi connectivity index (χ0) is 53.1. The fraction of sp³-hybridized carbons (Fsp3) is 0.538. The third kappa shape index (κ3) is 14.7. The van der Waals surface area contributed by atoms with E-state index >= 15 is 0 Å². The van der Waals surface area contributed by atoms with Crippen molar-refractivity contribution in [3.05, 3.63) is 89.1 Å². The Morgan fingerprint density at radius 2 is 1.64 bits per heavy atom. The molecule has 0 radical (unpaired) electrons. The Kier molecular flexibility index (Phi) is 18.9. The lowest BCUT2D eigenvalue weighted by Gasteiger charge is -2.47. The van der Waals surface area contributed by atoms with Crippen molar-refractivity contribution < 1.29 is 47.3 Å². The maximum Gasteiger partial charge on any atom is 0.284 e. The number of aliphatic hydroxyl groups is 1.